The first-order valence-corrected chi connectivity index (χ1v) is 9.84. The van der Waals surface area contributed by atoms with Gasteiger partial charge in [0.25, 0.3) is 0 Å². The summed E-state index contributed by atoms with van der Waals surface area (Å²) in [6.07, 6.45) is 6.41. The Morgan fingerprint density at radius 3 is 2.61 bits per heavy atom. The van der Waals surface area contributed by atoms with Crippen molar-refractivity contribution >= 4 is 11.5 Å². The number of fused-ring (bicyclic) bond motifs is 1. The summed E-state index contributed by atoms with van der Waals surface area (Å²) in [6, 6.07) is 18.2. The van der Waals surface area contributed by atoms with E-state index in [1.807, 2.05) is 53.2 Å². The van der Waals surface area contributed by atoms with Crippen molar-refractivity contribution in [3.05, 3.63) is 72.1 Å². The van der Waals surface area contributed by atoms with E-state index in [9.17, 15) is 0 Å². The topological polar surface area (TPSA) is 68.0 Å². The van der Waals surface area contributed by atoms with Gasteiger partial charge in [-0.1, -0.05) is 42.8 Å². The van der Waals surface area contributed by atoms with Crippen LogP contribution in [0.3, 0.4) is 0 Å². The third kappa shape index (κ3) is 3.22. The lowest BCUT2D eigenvalue weighted by atomic mass is 9.80. The second kappa shape index (κ2) is 7.38. The third-order valence-corrected chi connectivity index (χ3v) is 5.40. The lowest BCUT2D eigenvalue weighted by Crippen LogP contribution is -2.16. The van der Waals surface area contributed by atoms with Crippen molar-refractivity contribution in [1.29, 1.82) is 0 Å². The van der Waals surface area contributed by atoms with Crippen molar-refractivity contribution in [2.24, 2.45) is 0 Å². The van der Waals surface area contributed by atoms with E-state index in [0.29, 0.717) is 5.92 Å². The standard InChI is InChI=1S/C22H22N6/c1-2-7-17(8-3-1)22-26-25-20-15-19(16-9-6-10-16)21(27-28(20)22)24-14-12-18-11-4-5-13-23-18/h1-5,7-8,11,13,15-16H,6,9-10,12,14H2,(H,24,27). The zero-order valence-corrected chi connectivity index (χ0v) is 15.6. The first-order chi connectivity index (χ1) is 13.9. The second-order valence-electron chi connectivity index (χ2n) is 7.23. The number of hydrogen-bond donors (Lipinski definition) is 1. The van der Waals surface area contributed by atoms with Gasteiger partial charge in [-0.05, 0) is 37.0 Å². The Hall–Kier alpha value is -3.28. The molecule has 0 radical (unpaired) electrons. The van der Waals surface area contributed by atoms with Crippen molar-refractivity contribution in [3.8, 4) is 11.4 Å². The molecule has 0 spiro atoms. The molecular formula is C22H22N6. The highest BCUT2D eigenvalue weighted by Crippen LogP contribution is 2.39. The quantitative estimate of drug-likeness (QED) is 0.553. The summed E-state index contributed by atoms with van der Waals surface area (Å²) >= 11 is 0. The molecule has 4 aromatic rings. The minimum absolute atomic E-state index is 0.562. The molecule has 28 heavy (non-hydrogen) atoms. The van der Waals surface area contributed by atoms with E-state index in [-0.39, 0.29) is 0 Å². The fourth-order valence-corrected chi connectivity index (χ4v) is 3.64. The average Bonchev–Trinajstić information content (AvgIpc) is 3.11. The molecule has 1 aliphatic rings. The summed E-state index contributed by atoms with van der Waals surface area (Å²) in [5.74, 6) is 2.26. The largest absolute Gasteiger partial charge is 0.368 e. The Balaban J connectivity index is 1.48. The summed E-state index contributed by atoms with van der Waals surface area (Å²) in [4.78, 5) is 4.40. The molecule has 3 aromatic heterocycles. The average molecular weight is 370 g/mol. The molecule has 0 amide bonds. The van der Waals surface area contributed by atoms with Gasteiger partial charge in [-0.25, -0.2) is 0 Å². The Bertz CT molecular complexity index is 1070. The van der Waals surface area contributed by atoms with Crippen LogP contribution in [0.25, 0.3) is 17.0 Å². The summed E-state index contributed by atoms with van der Waals surface area (Å²) in [5.41, 5.74) is 4.15. The lowest BCUT2D eigenvalue weighted by molar-refractivity contribution is 0.419. The normalized spacial score (nSPS) is 14.1. The number of hydrogen-bond acceptors (Lipinski definition) is 5. The molecule has 0 saturated heterocycles. The van der Waals surface area contributed by atoms with Crippen molar-refractivity contribution in [2.75, 3.05) is 11.9 Å². The van der Waals surface area contributed by atoms with Gasteiger partial charge in [0.05, 0.1) is 0 Å². The highest BCUT2D eigenvalue weighted by Gasteiger charge is 2.25. The molecule has 0 atom stereocenters. The van der Waals surface area contributed by atoms with E-state index in [4.69, 9.17) is 5.10 Å². The highest BCUT2D eigenvalue weighted by molar-refractivity contribution is 5.61. The van der Waals surface area contributed by atoms with Crippen LogP contribution in [0.4, 0.5) is 5.82 Å². The molecule has 0 unspecified atom stereocenters. The van der Waals surface area contributed by atoms with Crippen LogP contribution in [-0.2, 0) is 6.42 Å². The van der Waals surface area contributed by atoms with Crippen LogP contribution in [0.5, 0.6) is 0 Å². The van der Waals surface area contributed by atoms with Gasteiger partial charge in [-0.15, -0.1) is 15.3 Å². The van der Waals surface area contributed by atoms with E-state index >= 15 is 0 Å². The van der Waals surface area contributed by atoms with Gasteiger partial charge in [-0.3, -0.25) is 4.98 Å². The van der Waals surface area contributed by atoms with Crippen molar-refractivity contribution < 1.29 is 0 Å². The first kappa shape index (κ1) is 16.9. The van der Waals surface area contributed by atoms with E-state index in [1.165, 1.54) is 24.8 Å². The molecule has 1 saturated carbocycles. The van der Waals surface area contributed by atoms with Crippen LogP contribution >= 0.6 is 0 Å². The van der Waals surface area contributed by atoms with E-state index < -0.39 is 0 Å². The number of nitrogens with zero attached hydrogens (tertiary/aromatic N) is 5. The molecule has 1 N–H and O–H groups in total. The van der Waals surface area contributed by atoms with E-state index in [0.717, 1.165) is 41.5 Å². The van der Waals surface area contributed by atoms with Crippen molar-refractivity contribution in [2.45, 2.75) is 31.6 Å². The van der Waals surface area contributed by atoms with E-state index in [2.05, 4.69) is 32.6 Å². The second-order valence-corrected chi connectivity index (χ2v) is 7.23. The predicted octanol–water partition coefficient (Wildman–Crippen LogP) is 4.11. The molecule has 6 nitrogen and oxygen atoms in total. The van der Waals surface area contributed by atoms with Crippen molar-refractivity contribution in [1.82, 2.24) is 24.8 Å². The van der Waals surface area contributed by atoms with Gasteiger partial charge in [0, 0.05) is 36.0 Å². The van der Waals surface area contributed by atoms with Gasteiger partial charge < -0.3 is 5.32 Å². The molecule has 1 aromatic carbocycles. The Labute approximate surface area is 163 Å². The van der Waals surface area contributed by atoms with Crippen LogP contribution in [0.2, 0.25) is 0 Å². The Kier molecular flexibility index (Phi) is 4.45. The van der Waals surface area contributed by atoms with Crippen LogP contribution in [0.1, 0.15) is 36.4 Å². The van der Waals surface area contributed by atoms with Gasteiger partial charge in [0.2, 0.25) is 0 Å². The number of nitrogens with one attached hydrogen (secondary N) is 1. The minimum Gasteiger partial charge on any atom is -0.368 e. The first-order valence-electron chi connectivity index (χ1n) is 9.84. The zero-order valence-electron chi connectivity index (χ0n) is 15.6. The van der Waals surface area contributed by atoms with Crippen LogP contribution < -0.4 is 5.32 Å². The number of rotatable bonds is 6. The maximum Gasteiger partial charge on any atom is 0.185 e. The Morgan fingerprint density at radius 1 is 1.00 bits per heavy atom. The van der Waals surface area contributed by atoms with Crippen LogP contribution in [0, 0.1) is 0 Å². The zero-order chi connectivity index (χ0) is 18.8. The maximum atomic E-state index is 4.91. The van der Waals surface area contributed by atoms with Crippen LogP contribution in [-0.4, -0.2) is 31.3 Å². The van der Waals surface area contributed by atoms with Gasteiger partial charge in [0.15, 0.2) is 17.3 Å². The number of benzene rings is 1. The van der Waals surface area contributed by atoms with Gasteiger partial charge in [0.1, 0.15) is 0 Å². The Morgan fingerprint density at radius 2 is 1.86 bits per heavy atom. The minimum atomic E-state index is 0.562. The fraction of sp³-hybridized carbons (Fsp3) is 0.273. The lowest BCUT2D eigenvalue weighted by Gasteiger charge is -2.27. The number of aromatic nitrogens is 5. The molecule has 0 bridgehead atoms. The smallest absolute Gasteiger partial charge is 0.185 e. The predicted molar refractivity (Wildman–Crippen MR) is 109 cm³/mol. The van der Waals surface area contributed by atoms with Crippen molar-refractivity contribution in [3.63, 3.8) is 0 Å². The molecule has 0 aliphatic heterocycles. The van der Waals surface area contributed by atoms with Crippen LogP contribution in [0.15, 0.2) is 60.8 Å². The monoisotopic (exact) mass is 370 g/mol. The fourth-order valence-electron chi connectivity index (χ4n) is 3.64. The van der Waals surface area contributed by atoms with E-state index in [1.54, 1.807) is 0 Å². The van der Waals surface area contributed by atoms with Gasteiger partial charge in [-0.2, -0.15) is 4.52 Å². The summed E-state index contributed by atoms with van der Waals surface area (Å²) in [7, 11) is 0. The number of pyridine rings is 1. The molecule has 1 aliphatic carbocycles. The molecule has 140 valence electrons. The molecule has 3 heterocycles. The molecule has 5 rings (SSSR count). The summed E-state index contributed by atoms with van der Waals surface area (Å²) in [5, 5.41) is 17.2. The molecular weight excluding hydrogens is 348 g/mol. The number of anilines is 1. The SMILES string of the molecule is c1ccc(-c2nnc3cc(C4CCC4)c(NCCc4ccccn4)nn23)cc1. The maximum absolute atomic E-state index is 4.91. The highest BCUT2D eigenvalue weighted by atomic mass is 15.4. The summed E-state index contributed by atoms with van der Waals surface area (Å²) in [6.45, 7) is 0.790. The van der Waals surface area contributed by atoms with Gasteiger partial charge >= 0.3 is 0 Å². The molecule has 1 fully saturated rings. The third-order valence-electron chi connectivity index (χ3n) is 5.40. The molecule has 6 heteroatoms. The summed E-state index contributed by atoms with van der Waals surface area (Å²) < 4.78 is 1.85.